The van der Waals surface area contributed by atoms with E-state index in [2.05, 4.69) is 51.2 Å². The summed E-state index contributed by atoms with van der Waals surface area (Å²) < 4.78 is 7.93. The Morgan fingerprint density at radius 2 is 1.47 bits per heavy atom. The predicted octanol–water partition coefficient (Wildman–Crippen LogP) is 5.51. The van der Waals surface area contributed by atoms with Crippen molar-refractivity contribution >= 4 is 61.4 Å². The Labute approximate surface area is 228 Å². The summed E-state index contributed by atoms with van der Waals surface area (Å²) in [5.74, 6) is 0.553. The van der Waals surface area contributed by atoms with Crippen LogP contribution in [0.25, 0.3) is 32.3 Å². The van der Waals surface area contributed by atoms with Crippen molar-refractivity contribution in [3.63, 3.8) is 0 Å². The maximum absolute atomic E-state index is 11.9. The second-order valence-electron chi connectivity index (χ2n) is 8.63. The molecule has 0 radical (unpaired) electrons. The maximum Gasteiger partial charge on any atom is 0.707 e. The highest BCUT2D eigenvalue weighted by Gasteiger charge is 2.15. The number of benzene rings is 5. The van der Waals surface area contributed by atoms with Crippen molar-refractivity contribution in [3.05, 3.63) is 126 Å². The van der Waals surface area contributed by atoms with Crippen LogP contribution >= 0.6 is 15.9 Å². The average Bonchev–Trinajstić information content (AvgIpc) is 2.93. The van der Waals surface area contributed by atoms with Crippen LogP contribution in [0.15, 0.2) is 120 Å². The van der Waals surface area contributed by atoms with Crippen LogP contribution in [0.1, 0.15) is 10.4 Å². The van der Waals surface area contributed by atoms with E-state index < -0.39 is 7.32 Å². The standard InChI is InChI=1S/C18H13BO3.C12H10BrN2O/c20-19(21)22-17-7-3-6-12-8-9-15-10-13-4-1-2-5-14(13)11-16(15)18(12)17;13-11-3-1-10(2-4-11)12(16)9-15-7-5-14-6-8-15/h1-11,20-21H;1-8H,9H2/q;+1. The van der Waals surface area contributed by atoms with Gasteiger partial charge < -0.3 is 14.7 Å². The Balaban J connectivity index is 0.000000163. The Bertz CT molecular complexity index is 1730. The van der Waals surface area contributed by atoms with Gasteiger partial charge in [-0.1, -0.05) is 76.6 Å². The van der Waals surface area contributed by atoms with Gasteiger partial charge in [-0.2, -0.15) is 4.57 Å². The van der Waals surface area contributed by atoms with E-state index in [-0.39, 0.29) is 5.78 Å². The van der Waals surface area contributed by atoms with Crippen molar-refractivity contribution < 1.29 is 24.1 Å². The van der Waals surface area contributed by atoms with Gasteiger partial charge in [-0.3, -0.25) is 9.78 Å². The van der Waals surface area contributed by atoms with Gasteiger partial charge in [0.25, 0.3) is 0 Å². The molecule has 0 atom stereocenters. The zero-order valence-corrected chi connectivity index (χ0v) is 21.8. The van der Waals surface area contributed by atoms with E-state index in [9.17, 15) is 4.79 Å². The first kappa shape index (κ1) is 25.5. The van der Waals surface area contributed by atoms with Crippen LogP contribution in [-0.2, 0) is 6.54 Å². The van der Waals surface area contributed by atoms with Gasteiger partial charge in [-0.05, 0) is 57.3 Å². The first-order valence-electron chi connectivity index (χ1n) is 11.9. The molecule has 2 N–H and O–H groups in total. The Kier molecular flexibility index (Phi) is 7.74. The molecule has 0 fully saturated rings. The smallest absolute Gasteiger partial charge is 0.511 e. The number of Topliss-reactive ketones (excluding diaryl/α,β-unsaturated/α-hetero) is 1. The molecule has 0 aliphatic carbocycles. The minimum Gasteiger partial charge on any atom is -0.511 e. The summed E-state index contributed by atoms with van der Waals surface area (Å²) in [6.07, 6.45) is 6.87. The Hall–Kier alpha value is -4.11. The fourth-order valence-corrected chi connectivity index (χ4v) is 4.59. The molecule has 0 saturated heterocycles. The van der Waals surface area contributed by atoms with Crippen LogP contribution < -0.4 is 9.22 Å². The maximum atomic E-state index is 11.9. The molecule has 186 valence electrons. The number of hydrogen-bond donors (Lipinski definition) is 2. The largest absolute Gasteiger partial charge is 0.707 e. The van der Waals surface area contributed by atoms with E-state index in [0.717, 1.165) is 31.4 Å². The lowest BCUT2D eigenvalue weighted by Gasteiger charge is -2.12. The molecule has 0 aliphatic rings. The van der Waals surface area contributed by atoms with Gasteiger partial charge in [-0.15, -0.1) is 0 Å². The second-order valence-corrected chi connectivity index (χ2v) is 9.55. The molecule has 6 nitrogen and oxygen atoms in total. The molecule has 0 bridgehead atoms. The summed E-state index contributed by atoms with van der Waals surface area (Å²) in [6, 6.07) is 29.4. The van der Waals surface area contributed by atoms with Crippen molar-refractivity contribution in [2.75, 3.05) is 0 Å². The van der Waals surface area contributed by atoms with Gasteiger partial charge >= 0.3 is 7.32 Å². The number of carbonyl (C=O) groups is 1. The molecule has 5 aromatic carbocycles. The van der Waals surface area contributed by atoms with E-state index >= 15 is 0 Å². The Morgan fingerprint density at radius 3 is 2.18 bits per heavy atom. The van der Waals surface area contributed by atoms with Gasteiger partial charge in [0.1, 0.15) is 5.75 Å². The first-order valence-corrected chi connectivity index (χ1v) is 12.7. The van der Waals surface area contributed by atoms with Crippen LogP contribution in [0.3, 0.4) is 0 Å². The summed E-state index contributed by atoms with van der Waals surface area (Å²) in [5, 5.41) is 24.6. The van der Waals surface area contributed by atoms with Crippen molar-refractivity contribution in [2.45, 2.75) is 6.54 Å². The van der Waals surface area contributed by atoms with E-state index in [1.165, 1.54) is 5.39 Å². The molecule has 6 rings (SSSR count). The summed E-state index contributed by atoms with van der Waals surface area (Å²) >= 11 is 3.34. The van der Waals surface area contributed by atoms with E-state index in [1.807, 2.05) is 54.6 Å². The van der Waals surface area contributed by atoms with Gasteiger partial charge in [0.05, 0.1) is 12.4 Å². The van der Waals surface area contributed by atoms with Crippen molar-refractivity contribution in [3.8, 4) is 5.75 Å². The fraction of sp³-hybridized carbons (Fsp3) is 0.0333. The van der Waals surface area contributed by atoms with E-state index in [0.29, 0.717) is 17.9 Å². The average molecular weight is 566 g/mol. The van der Waals surface area contributed by atoms with Crippen LogP contribution in [0, 0.1) is 0 Å². The third kappa shape index (κ3) is 5.89. The molecule has 1 heterocycles. The monoisotopic (exact) mass is 565 g/mol. The lowest BCUT2D eigenvalue weighted by molar-refractivity contribution is -0.683. The van der Waals surface area contributed by atoms with Gasteiger partial charge in [0.2, 0.25) is 12.3 Å². The molecular weight excluding hydrogens is 543 g/mol. The van der Waals surface area contributed by atoms with Gasteiger partial charge in [0.15, 0.2) is 12.4 Å². The molecule has 1 aromatic heterocycles. The highest BCUT2D eigenvalue weighted by Crippen LogP contribution is 2.35. The van der Waals surface area contributed by atoms with Crippen LogP contribution in [0.5, 0.6) is 5.75 Å². The van der Waals surface area contributed by atoms with Gasteiger partial charge in [0, 0.05) is 15.4 Å². The number of carbonyl (C=O) groups excluding carboxylic acids is 1. The molecule has 8 heteroatoms. The highest BCUT2D eigenvalue weighted by atomic mass is 79.9. The topological polar surface area (TPSA) is 83.5 Å². The molecular formula is C30H23BBrN2O4+. The number of fused-ring (bicyclic) bond motifs is 4. The molecule has 0 unspecified atom stereocenters. The molecule has 0 aliphatic heterocycles. The SMILES string of the molecule is O=C(C[n+]1ccncc1)c1ccc(Br)cc1.OB(O)Oc1cccc2ccc3cc4ccccc4cc3c12. The summed E-state index contributed by atoms with van der Waals surface area (Å²) in [4.78, 5) is 15.8. The highest BCUT2D eigenvalue weighted by molar-refractivity contribution is 9.10. The lowest BCUT2D eigenvalue weighted by Crippen LogP contribution is -2.37. The lowest BCUT2D eigenvalue weighted by atomic mass is 9.97. The summed E-state index contributed by atoms with van der Waals surface area (Å²) in [7, 11) is -1.83. The molecule has 0 spiro atoms. The van der Waals surface area contributed by atoms with Crippen LogP contribution in [0.2, 0.25) is 0 Å². The third-order valence-corrected chi connectivity index (χ3v) is 6.63. The zero-order valence-electron chi connectivity index (χ0n) is 20.2. The van der Waals surface area contributed by atoms with Crippen molar-refractivity contribution in [1.29, 1.82) is 0 Å². The Morgan fingerprint density at radius 1 is 0.816 bits per heavy atom. The zero-order chi connectivity index (χ0) is 26.5. The number of hydrogen-bond acceptors (Lipinski definition) is 5. The summed E-state index contributed by atoms with van der Waals surface area (Å²) in [5.41, 5.74) is 0.715. The third-order valence-electron chi connectivity index (χ3n) is 6.10. The normalized spacial score (nSPS) is 10.7. The molecule has 6 aromatic rings. The van der Waals surface area contributed by atoms with Crippen LogP contribution in [0.4, 0.5) is 0 Å². The quantitative estimate of drug-likeness (QED) is 0.0946. The minimum atomic E-state index is -1.83. The predicted molar refractivity (Wildman–Crippen MR) is 153 cm³/mol. The number of ketones is 1. The molecule has 0 saturated carbocycles. The number of nitrogens with zero attached hydrogens (tertiary/aromatic N) is 2. The van der Waals surface area contributed by atoms with Crippen LogP contribution in [-0.4, -0.2) is 28.1 Å². The van der Waals surface area contributed by atoms with Crippen molar-refractivity contribution in [2.24, 2.45) is 0 Å². The fourth-order valence-electron chi connectivity index (χ4n) is 4.32. The second kappa shape index (κ2) is 11.5. The van der Waals surface area contributed by atoms with Gasteiger partial charge in [-0.25, -0.2) is 0 Å². The number of rotatable bonds is 5. The molecule has 0 amide bonds. The summed E-state index contributed by atoms with van der Waals surface area (Å²) in [6.45, 7) is 0.337. The molecule has 38 heavy (non-hydrogen) atoms. The minimum absolute atomic E-state index is 0.0868. The number of halogens is 1. The van der Waals surface area contributed by atoms with Crippen molar-refractivity contribution in [1.82, 2.24) is 4.98 Å². The first-order chi connectivity index (χ1) is 18.5. The van der Waals surface area contributed by atoms with E-state index in [4.69, 9.17) is 14.7 Å². The number of aromatic nitrogens is 2. The van der Waals surface area contributed by atoms with E-state index in [1.54, 1.807) is 35.4 Å².